The Morgan fingerprint density at radius 3 is 1.47 bits per heavy atom. The lowest BCUT2D eigenvalue weighted by atomic mass is 10.4. The summed E-state index contributed by atoms with van der Waals surface area (Å²) in [5.74, 6) is 0.378. The van der Waals surface area contributed by atoms with Gasteiger partial charge in [-0.1, -0.05) is 121 Å². The summed E-state index contributed by atoms with van der Waals surface area (Å²) in [6, 6.07) is 41.3. The van der Waals surface area contributed by atoms with Crippen LogP contribution in [0.4, 0.5) is 0 Å². The first-order valence-corrected chi connectivity index (χ1v) is 15.3. The number of ether oxygens (including phenoxy) is 1. The number of benzene rings is 4. The molecule has 0 unspecified atom stereocenters. The Balaban J connectivity index is 1.60. The molecule has 172 valence electrons. The van der Waals surface area contributed by atoms with E-state index in [-0.39, 0.29) is 5.97 Å². The summed E-state index contributed by atoms with van der Waals surface area (Å²) in [6.45, 7) is 0. The molecule has 0 amide bonds. The van der Waals surface area contributed by atoms with Crippen molar-refractivity contribution in [1.29, 1.82) is 0 Å². The molecule has 0 aliphatic carbocycles. The van der Waals surface area contributed by atoms with Crippen molar-refractivity contribution in [2.75, 3.05) is 12.9 Å². The third kappa shape index (κ3) is 6.56. The molecule has 6 heteroatoms. The zero-order valence-corrected chi connectivity index (χ0v) is 21.6. The maximum absolute atomic E-state index is 12.9. The molecule has 0 bridgehead atoms. The van der Waals surface area contributed by atoms with E-state index in [1.54, 1.807) is 0 Å². The molecule has 0 spiro atoms. The average molecular weight is 504 g/mol. The molecule has 0 saturated heterocycles. The molecule has 0 heterocycles. The van der Waals surface area contributed by atoms with E-state index in [1.807, 2.05) is 59.9 Å². The molecule has 4 aromatic rings. The van der Waals surface area contributed by atoms with E-state index in [0.29, 0.717) is 5.75 Å². The van der Waals surface area contributed by atoms with E-state index in [2.05, 4.69) is 77.9 Å². The van der Waals surface area contributed by atoms with Crippen LogP contribution in [0.15, 0.2) is 121 Å². The van der Waals surface area contributed by atoms with Gasteiger partial charge in [-0.05, 0) is 21.2 Å². The number of carbonyl (C=O) groups is 1. The summed E-state index contributed by atoms with van der Waals surface area (Å²) in [5, 5.41) is 8.60. The van der Waals surface area contributed by atoms with E-state index in [9.17, 15) is 4.79 Å². The van der Waals surface area contributed by atoms with Gasteiger partial charge in [0.15, 0.2) is 0 Å². The Morgan fingerprint density at radius 2 is 1.09 bits per heavy atom. The van der Waals surface area contributed by atoms with Crippen molar-refractivity contribution in [3.8, 4) is 0 Å². The van der Waals surface area contributed by atoms with Gasteiger partial charge in [0.05, 0.1) is 7.11 Å². The van der Waals surface area contributed by atoms with E-state index in [1.165, 1.54) is 28.3 Å². The second-order valence-corrected chi connectivity index (χ2v) is 13.5. The molecule has 34 heavy (non-hydrogen) atoms. The van der Waals surface area contributed by atoms with Crippen molar-refractivity contribution >= 4 is 53.8 Å². The van der Waals surface area contributed by atoms with Crippen molar-refractivity contribution in [3.63, 3.8) is 0 Å². The van der Waals surface area contributed by atoms with E-state index >= 15 is 0 Å². The summed E-state index contributed by atoms with van der Waals surface area (Å²) in [4.78, 5) is 12.9. The summed E-state index contributed by atoms with van der Waals surface area (Å²) in [7, 11) is -0.131. The van der Waals surface area contributed by atoms with Crippen LogP contribution >= 0.6 is 26.6 Å². The van der Waals surface area contributed by atoms with Gasteiger partial charge in [0, 0.05) is 20.9 Å². The van der Waals surface area contributed by atoms with Crippen molar-refractivity contribution in [3.05, 3.63) is 121 Å². The second-order valence-electron chi connectivity index (χ2n) is 7.47. The first kappa shape index (κ1) is 24.6. The Kier molecular flexibility index (Phi) is 9.30. The van der Waals surface area contributed by atoms with Gasteiger partial charge in [-0.15, -0.1) is 11.4 Å². The van der Waals surface area contributed by atoms with E-state index < -0.39 is 21.2 Å². The number of hydrogen-bond acceptors (Lipinski definition) is 4. The predicted molar refractivity (Wildman–Crippen MR) is 150 cm³/mol. The Morgan fingerprint density at radius 1 is 0.706 bits per heavy atom. The minimum atomic E-state index is -0.925. The highest BCUT2D eigenvalue weighted by molar-refractivity contribution is 8.60. The zero-order valence-electron chi connectivity index (χ0n) is 19.0. The lowest BCUT2D eigenvalue weighted by Gasteiger charge is -2.26. The van der Waals surface area contributed by atoms with Gasteiger partial charge < -0.3 is 4.74 Å². The lowest BCUT2D eigenvalue weighted by molar-refractivity contribution is -0.141. The largest absolute Gasteiger partial charge is 0.468 e. The van der Waals surface area contributed by atoms with E-state index in [0.717, 1.165) is 0 Å². The summed E-state index contributed by atoms with van der Waals surface area (Å²) in [6.07, 6.45) is 0. The van der Waals surface area contributed by atoms with Crippen LogP contribution in [0.25, 0.3) is 0 Å². The van der Waals surface area contributed by atoms with Crippen LogP contribution in [0, 0.1) is 0 Å². The third-order valence-electron chi connectivity index (χ3n) is 5.15. The maximum atomic E-state index is 12.9. The summed E-state index contributed by atoms with van der Waals surface area (Å²) in [5.41, 5.74) is 0. The number of carbonyl (C=O) groups excluding carboxylic acids is 1. The highest BCUT2D eigenvalue weighted by atomic mass is 32.7. The Bertz CT molecular complexity index is 1070. The van der Waals surface area contributed by atoms with Gasteiger partial charge >= 0.3 is 5.97 Å². The predicted octanol–water partition coefficient (Wildman–Crippen LogP) is 4.95. The molecule has 4 aromatic carbocycles. The molecule has 0 aromatic heterocycles. The van der Waals surface area contributed by atoms with Crippen LogP contribution in [0.5, 0.6) is 0 Å². The molecule has 4 rings (SSSR count). The number of methoxy groups -OCH3 is 1. The number of rotatable bonds is 10. The molecule has 0 fully saturated rings. The van der Waals surface area contributed by atoms with Gasteiger partial charge in [0.25, 0.3) is 0 Å². The molecule has 0 radical (unpaired) electrons. The molecule has 1 atom stereocenters. The molecule has 1 N–H and O–H groups in total. The van der Waals surface area contributed by atoms with Crippen LogP contribution in [-0.2, 0) is 9.53 Å². The molecular formula is C28H27NO2P2S. The van der Waals surface area contributed by atoms with Crippen LogP contribution in [0.2, 0.25) is 0 Å². The normalized spacial score (nSPS) is 12.0. The molecular weight excluding hydrogens is 476 g/mol. The zero-order chi connectivity index (χ0) is 23.6. The average Bonchev–Trinajstić information content (AvgIpc) is 2.92. The second kappa shape index (κ2) is 12.8. The van der Waals surface area contributed by atoms with Crippen LogP contribution < -0.4 is 26.3 Å². The SMILES string of the molecule is COC(=O)[C@H](CSP(c1ccccc1)c1ccccc1)NP(c1ccccc1)c1ccccc1. The van der Waals surface area contributed by atoms with Crippen LogP contribution in [-0.4, -0.2) is 24.9 Å². The Labute approximate surface area is 208 Å². The van der Waals surface area contributed by atoms with Crippen LogP contribution in [0.1, 0.15) is 0 Å². The molecule has 3 nitrogen and oxygen atoms in total. The number of hydrogen-bond donors (Lipinski definition) is 1. The fraction of sp³-hybridized carbons (Fsp3) is 0.107. The van der Waals surface area contributed by atoms with Crippen molar-refractivity contribution in [2.24, 2.45) is 0 Å². The minimum Gasteiger partial charge on any atom is -0.468 e. The summed E-state index contributed by atoms with van der Waals surface area (Å²) >= 11 is 1.82. The highest BCUT2D eigenvalue weighted by Gasteiger charge is 2.27. The topological polar surface area (TPSA) is 38.3 Å². The number of esters is 1. The minimum absolute atomic E-state index is 0.233. The molecule has 0 aliphatic heterocycles. The van der Waals surface area contributed by atoms with Crippen LogP contribution in [0.3, 0.4) is 0 Å². The summed E-state index contributed by atoms with van der Waals surface area (Å²) < 4.78 is 5.23. The molecule has 0 aliphatic rings. The maximum Gasteiger partial charge on any atom is 0.324 e. The van der Waals surface area contributed by atoms with Crippen molar-refractivity contribution in [2.45, 2.75) is 6.04 Å². The molecule has 0 saturated carbocycles. The van der Waals surface area contributed by atoms with Crippen molar-refractivity contribution < 1.29 is 9.53 Å². The number of nitrogens with one attached hydrogen (secondary N) is 1. The van der Waals surface area contributed by atoms with Gasteiger partial charge in [-0.25, -0.2) is 0 Å². The first-order chi connectivity index (χ1) is 16.8. The highest BCUT2D eigenvalue weighted by Crippen LogP contribution is 2.48. The fourth-order valence-corrected chi connectivity index (χ4v) is 10.2. The van der Waals surface area contributed by atoms with Gasteiger partial charge in [-0.3, -0.25) is 9.88 Å². The monoisotopic (exact) mass is 503 g/mol. The van der Waals surface area contributed by atoms with Gasteiger partial charge in [-0.2, -0.15) is 0 Å². The van der Waals surface area contributed by atoms with Gasteiger partial charge in [0.1, 0.15) is 6.04 Å². The Hall–Kier alpha value is -2.48. The van der Waals surface area contributed by atoms with Crippen molar-refractivity contribution in [1.82, 2.24) is 5.09 Å². The fourth-order valence-electron chi connectivity index (χ4n) is 3.48. The van der Waals surface area contributed by atoms with Gasteiger partial charge in [0.2, 0.25) is 0 Å². The van der Waals surface area contributed by atoms with E-state index in [4.69, 9.17) is 4.74 Å². The standard InChI is InChI=1S/C28H27NO2P2S/c1-31-28(30)27(29-32(23-14-6-2-7-15-23)24-16-8-3-9-17-24)22-34-33(25-18-10-4-11-19-25)26-20-12-5-13-21-26/h2-21,27,29H,22H2,1H3/t27-/m0/s1. The third-order valence-corrected chi connectivity index (χ3v) is 12.1. The smallest absolute Gasteiger partial charge is 0.324 e. The quantitative estimate of drug-likeness (QED) is 0.246. The lowest BCUT2D eigenvalue weighted by Crippen LogP contribution is -2.40. The first-order valence-electron chi connectivity index (χ1n) is 11.0.